The second-order valence-electron chi connectivity index (χ2n) is 4.80. The monoisotopic (exact) mass is 289 g/mol. The summed E-state index contributed by atoms with van der Waals surface area (Å²) in [4.78, 5) is 0. The van der Waals surface area contributed by atoms with Gasteiger partial charge in [0.05, 0.1) is 14.2 Å². The Labute approximate surface area is 124 Å². The molecular formula is C17H20FNO2. The lowest BCUT2D eigenvalue weighted by atomic mass is 10.1. The molecule has 0 spiro atoms. The van der Waals surface area contributed by atoms with Gasteiger partial charge in [-0.2, -0.15) is 0 Å². The number of rotatable bonds is 6. The second kappa shape index (κ2) is 7.09. The maximum Gasteiger partial charge on any atom is 0.127 e. The van der Waals surface area contributed by atoms with Crippen LogP contribution < -0.4 is 14.8 Å². The van der Waals surface area contributed by atoms with Gasteiger partial charge in [-0.05, 0) is 19.1 Å². The van der Waals surface area contributed by atoms with E-state index in [2.05, 4.69) is 5.32 Å². The number of halogens is 1. The quantitative estimate of drug-likeness (QED) is 0.879. The molecule has 21 heavy (non-hydrogen) atoms. The summed E-state index contributed by atoms with van der Waals surface area (Å²) in [5.74, 6) is 1.30. The van der Waals surface area contributed by atoms with E-state index in [1.54, 1.807) is 26.4 Å². The zero-order chi connectivity index (χ0) is 15.2. The molecule has 0 saturated carbocycles. The first-order chi connectivity index (χ1) is 10.2. The molecule has 3 nitrogen and oxygen atoms in total. The Bertz CT molecular complexity index is 601. The van der Waals surface area contributed by atoms with Gasteiger partial charge in [-0.15, -0.1) is 0 Å². The minimum atomic E-state index is -0.195. The number of nitrogens with one attached hydrogen (secondary N) is 1. The maximum absolute atomic E-state index is 13.6. The molecule has 0 aromatic heterocycles. The van der Waals surface area contributed by atoms with Crippen LogP contribution in [0.5, 0.6) is 11.5 Å². The molecule has 2 rings (SSSR count). The molecule has 0 bridgehead atoms. The van der Waals surface area contributed by atoms with Gasteiger partial charge in [-0.1, -0.05) is 24.3 Å². The van der Waals surface area contributed by atoms with Crippen LogP contribution in [0.3, 0.4) is 0 Å². The normalized spacial score (nSPS) is 12.0. The predicted molar refractivity (Wildman–Crippen MR) is 81.2 cm³/mol. The van der Waals surface area contributed by atoms with E-state index in [0.29, 0.717) is 12.1 Å². The molecule has 0 saturated heterocycles. The van der Waals surface area contributed by atoms with Crippen LogP contribution in [0, 0.1) is 5.82 Å². The Hall–Kier alpha value is -2.07. The third-order valence-electron chi connectivity index (χ3n) is 3.46. The van der Waals surface area contributed by atoms with Crippen LogP contribution in [0.15, 0.2) is 42.5 Å². The molecule has 4 heteroatoms. The van der Waals surface area contributed by atoms with Gasteiger partial charge in [0.25, 0.3) is 0 Å². The van der Waals surface area contributed by atoms with E-state index in [1.165, 1.54) is 6.07 Å². The van der Waals surface area contributed by atoms with Crippen LogP contribution in [0.1, 0.15) is 24.1 Å². The first-order valence-corrected chi connectivity index (χ1v) is 6.84. The van der Waals surface area contributed by atoms with Crippen LogP contribution in [0.25, 0.3) is 0 Å². The fraction of sp³-hybridized carbons (Fsp3) is 0.294. The van der Waals surface area contributed by atoms with Gasteiger partial charge >= 0.3 is 0 Å². The van der Waals surface area contributed by atoms with Crippen molar-refractivity contribution in [1.29, 1.82) is 0 Å². The molecule has 0 aliphatic rings. The lowest BCUT2D eigenvalue weighted by molar-refractivity contribution is 0.385. The fourth-order valence-corrected chi connectivity index (χ4v) is 2.19. The second-order valence-corrected chi connectivity index (χ2v) is 4.80. The topological polar surface area (TPSA) is 30.5 Å². The summed E-state index contributed by atoms with van der Waals surface area (Å²) in [6, 6.07) is 12.5. The van der Waals surface area contributed by atoms with Crippen LogP contribution in [0.2, 0.25) is 0 Å². The summed E-state index contributed by atoms with van der Waals surface area (Å²) in [6.07, 6.45) is 0. The number of hydrogen-bond acceptors (Lipinski definition) is 3. The molecule has 1 unspecified atom stereocenters. The van der Waals surface area contributed by atoms with Crippen molar-refractivity contribution in [2.24, 2.45) is 0 Å². The van der Waals surface area contributed by atoms with E-state index in [4.69, 9.17) is 9.47 Å². The molecule has 0 radical (unpaired) electrons. The number of ether oxygens (including phenoxy) is 2. The SMILES string of the molecule is COc1ccc(C(C)NCc2ccccc2F)c(OC)c1. The van der Waals surface area contributed by atoms with Gasteiger partial charge in [0, 0.05) is 29.8 Å². The third kappa shape index (κ3) is 3.73. The van der Waals surface area contributed by atoms with Crippen LogP contribution in [-0.4, -0.2) is 14.2 Å². The molecule has 1 atom stereocenters. The van der Waals surface area contributed by atoms with Gasteiger partial charge in [0.15, 0.2) is 0 Å². The molecule has 1 N–H and O–H groups in total. The highest BCUT2D eigenvalue weighted by Crippen LogP contribution is 2.29. The average molecular weight is 289 g/mol. The molecule has 2 aromatic rings. The van der Waals surface area contributed by atoms with Crippen molar-refractivity contribution >= 4 is 0 Å². The number of benzene rings is 2. The summed E-state index contributed by atoms with van der Waals surface area (Å²) >= 11 is 0. The van der Waals surface area contributed by atoms with Crippen molar-refractivity contribution in [1.82, 2.24) is 5.32 Å². The van der Waals surface area contributed by atoms with Crippen molar-refractivity contribution in [3.63, 3.8) is 0 Å². The first kappa shape index (κ1) is 15.3. The maximum atomic E-state index is 13.6. The summed E-state index contributed by atoms with van der Waals surface area (Å²) in [5.41, 5.74) is 1.66. The zero-order valence-corrected chi connectivity index (χ0v) is 12.5. The zero-order valence-electron chi connectivity index (χ0n) is 12.5. The minimum absolute atomic E-state index is 0.0328. The smallest absolute Gasteiger partial charge is 0.127 e. The highest BCUT2D eigenvalue weighted by atomic mass is 19.1. The highest BCUT2D eigenvalue weighted by Gasteiger charge is 2.12. The van der Waals surface area contributed by atoms with Gasteiger partial charge in [0.2, 0.25) is 0 Å². The summed E-state index contributed by atoms with van der Waals surface area (Å²) in [7, 11) is 3.25. The van der Waals surface area contributed by atoms with E-state index in [9.17, 15) is 4.39 Å². The largest absolute Gasteiger partial charge is 0.497 e. The molecule has 0 amide bonds. The van der Waals surface area contributed by atoms with Gasteiger partial charge in [-0.3, -0.25) is 0 Å². The number of hydrogen-bond donors (Lipinski definition) is 1. The van der Waals surface area contributed by atoms with E-state index >= 15 is 0 Å². The van der Waals surface area contributed by atoms with Gasteiger partial charge < -0.3 is 14.8 Å². The summed E-state index contributed by atoms with van der Waals surface area (Å²) in [5, 5.41) is 3.31. The van der Waals surface area contributed by atoms with Crippen molar-refractivity contribution in [2.45, 2.75) is 19.5 Å². The van der Waals surface area contributed by atoms with Gasteiger partial charge in [-0.25, -0.2) is 4.39 Å². The third-order valence-corrected chi connectivity index (χ3v) is 3.46. The lowest BCUT2D eigenvalue weighted by Gasteiger charge is -2.18. The van der Waals surface area contributed by atoms with E-state index in [1.807, 2.05) is 31.2 Å². The Morgan fingerprint density at radius 3 is 2.52 bits per heavy atom. The van der Waals surface area contributed by atoms with Gasteiger partial charge in [0.1, 0.15) is 17.3 Å². The Morgan fingerprint density at radius 1 is 1.10 bits per heavy atom. The highest BCUT2D eigenvalue weighted by molar-refractivity contribution is 5.42. The van der Waals surface area contributed by atoms with E-state index < -0.39 is 0 Å². The predicted octanol–water partition coefficient (Wildman–Crippen LogP) is 3.69. The molecule has 0 aliphatic carbocycles. The fourth-order valence-electron chi connectivity index (χ4n) is 2.19. The van der Waals surface area contributed by atoms with Crippen molar-refractivity contribution in [3.8, 4) is 11.5 Å². The van der Waals surface area contributed by atoms with E-state index in [-0.39, 0.29) is 11.9 Å². The van der Waals surface area contributed by atoms with Crippen LogP contribution in [0.4, 0.5) is 4.39 Å². The van der Waals surface area contributed by atoms with Crippen LogP contribution >= 0.6 is 0 Å². The molecule has 0 heterocycles. The van der Waals surface area contributed by atoms with Crippen molar-refractivity contribution in [3.05, 3.63) is 59.4 Å². The number of methoxy groups -OCH3 is 2. The molecule has 112 valence electrons. The average Bonchev–Trinajstić information content (AvgIpc) is 2.53. The Balaban J connectivity index is 2.10. The summed E-state index contributed by atoms with van der Waals surface area (Å²) < 4.78 is 24.2. The van der Waals surface area contributed by atoms with Crippen molar-refractivity contribution in [2.75, 3.05) is 14.2 Å². The molecule has 0 aliphatic heterocycles. The Morgan fingerprint density at radius 2 is 1.86 bits per heavy atom. The van der Waals surface area contributed by atoms with E-state index in [0.717, 1.165) is 17.1 Å². The Kier molecular flexibility index (Phi) is 5.17. The molecular weight excluding hydrogens is 269 g/mol. The standard InChI is InChI=1S/C17H20FNO2/c1-12(19-11-13-6-4-5-7-16(13)18)15-9-8-14(20-2)10-17(15)21-3/h4-10,12,19H,11H2,1-3H3. The molecule has 0 fully saturated rings. The summed E-state index contributed by atoms with van der Waals surface area (Å²) in [6.45, 7) is 2.48. The van der Waals surface area contributed by atoms with Crippen LogP contribution in [-0.2, 0) is 6.54 Å². The lowest BCUT2D eigenvalue weighted by Crippen LogP contribution is -2.19. The molecule has 2 aromatic carbocycles. The first-order valence-electron chi connectivity index (χ1n) is 6.84. The van der Waals surface area contributed by atoms with Crippen molar-refractivity contribution < 1.29 is 13.9 Å². The minimum Gasteiger partial charge on any atom is -0.497 e.